The van der Waals surface area contributed by atoms with E-state index < -0.39 is 15.9 Å². The average Bonchev–Trinajstić information content (AvgIpc) is 3.28. The molecule has 4 rings (SSSR count). The lowest BCUT2D eigenvalue weighted by Crippen LogP contribution is -2.36. The molecule has 0 saturated heterocycles. The highest BCUT2D eigenvalue weighted by atomic mass is 35.5. The first kappa shape index (κ1) is 20.7. The summed E-state index contributed by atoms with van der Waals surface area (Å²) in [6.07, 6.45) is 2.16. The Labute approximate surface area is 180 Å². The minimum absolute atomic E-state index is 0.0677. The molecule has 1 atom stereocenters. The zero-order valence-corrected chi connectivity index (χ0v) is 17.9. The number of hydrogen-bond donors (Lipinski definition) is 1. The molecule has 1 aromatic heterocycles. The molecule has 0 saturated carbocycles. The molecule has 6 nitrogen and oxygen atoms in total. The Kier molecular flexibility index (Phi) is 5.69. The fourth-order valence-corrected chi connectivity index (χ4v) is 5.46. The molecule has 1 N–H and O–H groups in total. The van der Waals surface area contributed by atoms with E-state index in [1.165, 1.54) is 28.8 Å². The number of carbonyl (C=O) groups is 1. The fraction of sp³-hybridized carbons (Fsp3) is 0.227. The molecule has 8 heteroatoms. The van der Waals surface area contributed by atoms with Crippen LogP contribution in [0, 0.1) is 0 Å². The first-order chi connectivity index (χ1) is 14.4. The highest BCUT2D eigenvalue weighted by Crippen LogP contribution is 2.30. The van der Waals surface area contributed by atoms with Gasteiger partial charge in [0.15, 0.2) is 0 Å². The van der Waals surface area contributed by atoms with Crippen LogP contribution in [0.2, 0.25) is 5.02 Å². The molecule has 0 bridgehead atoms. The number of rotatable bonds is 5. The third-order valence-corrected chi connectivity index (χ3v) is 7.55. The molecule has 2 heterocycles. The summed E-state index contributed by atoms with van der Waals surface area (Å²) in [5, 5.41) is 2.89. The van der Waals surface area contributed by atoms with Crippen LogP contribution in [-0.2, 0) is 23.0 Å². The van der Waals surface area contributed by atoms with Crippen LogP contribution in [0.15, 0.2) is 70.2 Å². The Hall–Kier alpha value is -2.61. The first-order valence-corrected chi connectivity index (χ1v) is 11.4. The van der Waals surface area contributed by atoms with Crippen molar-refractivity contribution in [2.75, 3.05) is 6.54 Å². The third kappa shape index (κ3) is 4.01. The van der Waals surface area contributed by atoms with Gasteiger partial charge in [-0.1, -0.05) is 35.9 Å². The average molecular weight is 445 g/mol. The second kappa shape index (κ2) is 8.26. The Morgan fingerprint density at radius 3 is 2.63 bits per heavy atom. The molecule has 30 heavy (non-hydrogen) atoms. The van der Waals surface area contributed by atoms with Gasteiger partial charge < -0.3 is 9.73 Å². The van der Waals surface area contributed by atoms with Crippen LogP contribution in [-0.4, -0.2) is 25.2 Å². The number of nitrogens with zero attached hydrogens (tertiary/aromatic N) is 1. The Morgan fingerprint density at radius 1 is 1.13 bits per heavy atom. The van der Waals surface area contributed by atoms with E-state index in [4.69, 9.17) is 16.0 Å². The number of carbonyl (C=O) groups excluding carboxylic acids is 1. The molecule has 1 aliphatic rings. The second-order valence-corrected chi connectivity index (χ2v) is 9.53. The molecule has 2 aromatic carbocycles. The van der Waals surface area contributed by atoms with Gasteiger partial charge >= 0.3 is 0 Å². The summed E-state index contributed by atoms with van der Waals surface area (Å²) in [4.78, 5) is 12.6. The van der Waals surface area contributed by atoms with E-state index in [9.17, 15) is 13.2 Å². The summed E-state index contributed by atoms with van der Waals surface area (Å²) in [5.41, 5.74) is 2.34. The van der Waals surface area contributed by atoms with Gasteiger partial charge in [-0.2, -0.15) is 4.31 Å². The molecular weight excluding hydrogens is 424 g/mol. The molecular formula is C22H21ClN2O4S. The summed E-state index contributed by atoms with van der Waals surface area (Å²) in [6, 6.07) is 15.2. The van der Waals surface area contributed by atoms with Crippen molar-refractivity contribution in [3.8, 4) is 0 Å². The van der Waals surface area contributed by atoms with Crippen molar-refractivity contribution in [2.45, 2.75) is 30.8 Å². The van der Waals surface area contributed by atoms with Crippen molar-refractivity contribution in [3.05, 3.63) is 88.3 Å². The third-order valence-electron chi connectivity index (χ3n) is 5.22. The number of benzene rings is 2. The standard InChI is InChI=1S/C22H21ClN2O4S/c1-15(20-7-4-12-29-20)24-22(26)17-8-9-19(23)21(13-17)30(27,28)25-11-10-16-5-2-3-6-18(16)14-25/h2-9,12-13,15H,10-11,14H2,1H3,(H,24,26). The van der Waals surface area contributed by atoms with Crippen molar-refractivity contribution >= 4 is 27.5 Å². The van der Waals surface area contributed by atoms with Crippen molar-refractivity contribution in [3.63, 3.8) is 0 Å². The topological polar surface area (TPSA) is 79.6 Å². The molecule has 0 aliphatic carbocycles. The van der Waals surface area contributed by atoms with Gasteiger partial charge in [0, 0.05) is 18.7 Å². The number of nitrogens with one attached hydrogen (secondary N) is 1. The second-order valence-electron chi connectivity index (χ2n) is 7.21. The largest absolute Gasteiger partial charge is 0.467 e. The van der Waals surface area contributed by atoms with E-state index in [2.05, 4.69) is 5.32 Å². The van der Waals surface area contributed by atoms with Crippen LogP contribution in [0.3, 0.4) is 0 Å². The van der Waals surface area contributed by atoms with Gasteiger partial charge in [-0.15, -0.1) is 0 Å². The molecule has 1 aliphatic heterocycles. The Morgan fingerprint density at radius 2 is 1.90 bits per heavy atom. The van der Waals surface area contributed by atoms with Crippen LogP contribution in [0.5, 0.6) is 0 Å². The van der Waals surface area contributed by atoms with Gasteiger partial charge in [0.25, 0.3) is 5.91 Å². The van der Waals surface area contributed by atoms with Gasteiger partial charge in [-0.25, -0.2) is 8.42 Å². The molecule has 0 spiro atoms. The highest BCUT2D eigenvalue weighted by Gasteiger charge is 2.30. The number of halogens is 1. The van der Waals surface area contributed by atoms with E-state index in [1.54, 1.807) is 19.1 Å². The van der Waals surface area contributed by atoms with E-state index in [1.807, 2.05) is 24.3 Å². The molecule has 1 amide bonds. The first-order valence-electron chi connectivity index (χ1n) is 9.57. The van der Waals surface area contributed by atoms with E-state index >= 15 is 0 Å². The summed E-state index contributed by atoms with van der Waals surface area (Å²) < 4.78 is 33.3. The number of fused-ring (bicyclic) bond motifs is 1. The van der Waals surface area contributed by atoms with Crippen molar-refractivity contribution in [2.24, 2.45) is 0 Å². The summed E-state index contributed by atoms with van der Waals surface area (Å²) >= 11 is 6.24. The lowest BCUT2D eigenvalue weighted by atomic mass is 10.0. The fourth-order valence-electron chi connectivity index (χ4n) is 3.55. The maximum atomic E-state index is 13.3. The predicted octanol–water partition coefficient (Wildman–Crippen LogP) is 4.17. The molecule has 0 radical (unpaired) electrons. The van der Waals surface area contributed by atoms with Gasteiger partial charge in [0.05, 0.1) is 17.3 Å². The smallest absolute Gasteiger partial charge is 0.251 e. The Bertz CT molecular complexity index is 1180. The summed E-state index contributed by atoms with van der Waals surface area (Å²) in [6.45, 7) is 2.43. The van der Waals surface area contributed by atoms with Crippen molar-refractivity contribution < 1.29 is 17.6 Å². The van der Waals surface area contributed by atoms with Crippen molar-refractivity contribution in [1.82, 2.24) is 9.62 Å². The minimum Gasteiger partial charge on any atom is -0.467 e. The number of hydrogen-bond acceptors (Lipinski definition) is 4. The number of sulfonamides is 1. The molecule has 0 fully saturated rings. The van der Waals surface area contributed by atoms with Gasteiger partial charge in [-0.05, 0) is 54.8 Å². The monoisotopic (exact) mass is 444 g/mol. The SMILES string of the molecule is CC(NC(=O)c1ccc(Cl)c(S(=O)(=O)N2CCc3ccccc3C2)c1)c1ccco1. The van der Waals surface area contributed by atoms with E-state index in [0.29, 0.717) is 18.7 Å². The lowest BCUT2D eigenvalue weighted by molar-refractivity contribution is 0.0935. The molecule has 156 valence electrons. The Balaban J connectivity index is 1.59. The van der Waals surface area contributed by atoms with Crippen LogP contribution in [0.4, 0.5) is 0 Å². The lowest BCUT2D eigenvalue weighted by Gasteiger charge is -2.28. The maximum absolute atomic E-state index is 13.3. The van der Waals surface area contributed by atoms with Crippen LogP contribution in [0.25, 0.3) is 0 Å². The summed E-state index contributed by atoms with van der Waals surface area (Å²) in [5.74, 6) is 0.202. The molecule has 3 aromatic rings. The maximum Gasteiger partial charge on any atom is 0.251 e. The van der Waals surface area contributed by atoms with E-state index in [0.717, 1.165) is 11.1 Å². The van der Waals surface area contributed by atoms with Gasteiger partial charge in [0.2, 0.25) is 10.0 Å². The predicted molar refractivity (Wildman–Crippen MR) is 114 cm³/mol. The number of amides is 1. The quantitative estimate of drug-likeness (QED) is 0.640. The summed E-state index contributed by atoms with van der Waals surface area (Å²) in [7, 11) is -3.86. The minimum atomic E-state index is -3.86. The highest BCUT2D eigenvalue weighted by molar-refractivity contribution is 7.89. The number of furan rings is 1. The zero-order chi connectivity index (χ0) is 21.3. The zero-order valence-electron chi connectivity index (χ0n) is 16.3. The van der Waals surface area contributed by atoms with E-state index in [-0.39, 0.29) is 28.1 Å². The van der Waals surface area contributed by atoms with Crippen LogP contribution >= 0.6 is 11.6 Å². The normalized spacial score (nSPS) is 15.4. The van der Waals surface area contributed by atoms with Crippen molar-refractivity contribution in [1.29, 1.82) is 0 Å². The van der Waals surface area contributed by atoms with Crippen LogP contribution < -0.4 is 5.32 Å². The molecule has 1 unspecified atom stereocenters. The van der Waals surface area contributed by atoms with Crippen LogP contribution in [0.1, 0.15) is 40.2 Å². The van der Waals surface area contributed by atoms with Gasteiger partial charge in [-0.3, -0.25) is 4.79 Å². The van der Waals surface area contributed by atoms with Gasteiger partial charge in [0.1, 0.15) is 10.7 Å².